The quantitative estimate of drug-likeness (QED) is 0.452. The van der Waals surface area contributed by atoms with Crippen molar-refractivity contribution in [2.24, 2.45) is 0 Å². The van der Waals surface area contributed by atoms with Crippen molar-refractivity contribution in [3.05, 3.63) is 36.8 Å². The van der Waals surface area contributed by atoms with E-state index < -0.39 is 0 Å². The van der Waals surface area contributed by atoms with E-state index in [2.05, 4.69) is 53.9 Å². The van der Waals surface area contributed by atoms with Crippen LogP contribution in [0.4, 0.5) is 17.6 Å². The van der Waals surface area contributed by atoms with Crippen molar-refractivity contribution in [1.82, 2.24) is 34.6 Å². The molecule has 182 valence electrons. The molecule has 2 N–H and O–H groups in total. The highest BCUT2D eigenvalue weighted by molar-refractivity contribution is 6.06. The number of nitrogens with zero attached hydrogens (tertiary/aromatic N) is 8. The first-order chi connectivity index (χ1) is 17.1. The van der Waals surface area contributed by atoms with Gasteiger partial charge in [0.2, 0.25) is 5.95 Å². The van der Waals surface area contributed by atoms with E-state index in [0.29, 0.717) is 17.8 Å². The molecule has 0 radical (unpaired) electrons. The molecular weight excluding hydrogens is 442 g/mol. The molecule has 1 saturated carbocycles. The predicted molar refractivity (Wildman–Crippen MR) is 136 cm³/mol. The first-order valence-electron chi connectivity index (χ1n) is 12.4. The number of hydrogen-bond acceptors (Lipinski definition) is 9. The van der Waals surface area contributed by atoms with Crippen LogP contribution in [0.1, 0.15) is 38.1 Å². The molecule has 0 unspecified atom stereocenters. The average Bonchev–Trinajstić information content (AvgIpc) is 3.44. The number of anilines is 3. The van der Waals surface area contributed by atoms with Crippen LogP contribution in [0, 0.1) is 0 Å². The molecule has 2 fully saturated rings. The second-order valence-electron chi connectivity index (χ2n) is 9.84. The van der Waals surface area contributed by atoms with Gasteiger partial charge in [-0.15, -0.1) is 10.2 Å². The lowest BCUT2D eigenvalue weighted by molar-refractivity contribution is 0.140. The van der Waals surface area contributed by atoms with Gasteiger partial charge >= 0.3 is 0 Å². The lowest BCUT2D eigenvalue weighted by Crippen LogP contribution is -2.42. The number of piperidine rings is 1. The fourth-order valence-electron chi connectivity index (χ4n) is 5.57. The molecule has 6 rings (SSSR count). The Morgan fingerprint density at radius 3 is 2.57 bits per heavy atom. The van der Waals surface area contributed by atoms with Crippen LogP contribution in [-0.4, -0.2) is 79.1 Å². The van der Waals surface area contributed by atoms with Crippen LogP contribution >= 0.6 is 0 Å². The number of aliphatic hydroxyl groups is 1. The minimum Gasteiger partial charge on any atom is -0.391 e. The molecule has 10 nitrogen and oxygen atoms in total. The first kappa shape index (κ1) is 22.1. The van der Waals surface area contributed by atoms with E-state index in [1.165, 1.54) is 0 Å². The fourth-order valence-corrected chi connectivity index (χ4v) is 5.57. The third-order valence-corrected chi connectivity index (χ3v) is 7.53. The molecule has 0 aromatic carbocycles. The Kier molecular flexibility index (Phi) is 5.69. The van der Waals surface area contributed by atoms with E-state index in [9.17, 15) is 5.11 Å². The molecule has 10 heteroatoms. The fraction of sp³-hybridized carbons (Fsp3) is 0.480. The molecule has 5 heterocycles. The first-order valence-corrected chi connectivity index (χ1v) is 12.4. The zero-order chi connectivity index (χ0) is 23.9. The maximum absolute atomic E-state index is 10.6. The molecule has 1 aliphatic carbocycles. The van der Waals surface area contributed by atoms with Crippen molar-refractivity contribution in [2.45, 2.75) is 50.3 Å². The number of fused-ring (bicyclic) bond motifs is 3. The van der Waals surface area contributed by atoms with Crippen LogP contribution in [-0.2, 0) is 0 Å². The molecule has 0 bridgehead atoms. The second-order valence-corrected chi connectivity index (χ2v) is 9.84. The maximum Gasteiger partial charge on any atom is 0.230 e. The predicted octanol–water partition coefficient (Wildman–Crippen LogP) is 3.13. The summed E-state index contributed by atoms with van der Waals surface area (Å²) in [7, 11) is 4.29. The van der Waals surface area contributed by atoms with Gasteiger partial charge in [0.05, 0.1) is 23.9 Å². The Balaban J connectivity index is 1.26. The molecule has 4 aromatic rings. The van der Waals surface area contributed by atoms with Gasteiger partial charge < -0.3 is 24.8 Å². The van der Waals surface area contributed by atoms with Crippen LogP contribution in [0.3, 0.4) is 0 Å². The summed E-state index contributed by atoms with van der Waals surface area (Å²) >= 11 is 0. The number of aliphatic hydroxyl groups excluding tert-OH is 1. The Morgan fingerprint density at radius 2 is 1.86 bits per heavy atom. The minimum atomic E-state index is -0.387. The summed E-state index contributed by atoms with van der Waals surface area (Å²) in [6, 6.07) is 6.52. The van der Waals surface area contributed by atoms with Gasteiger partial charge in [0.25, 0.3) is 0 Å². The van der Waals surface area contributed by atoms with E-state index in [-0.39, 0.29) is 12.1 Å². The van der Waals surface area contributed by atoms with E-state index >= 15 is 0 Å². The van der Waals surface area contributed by atoms with Crippen molar-refractivity contribution in [2.75, 3.05) is 37.4 Å². The standard InChI is InChI=1S/C25H31N9O/c1-32(2)16-9-12-33(13-10-16)23-7-6-22(30-31-23)28-25-27-14-18-17-8-11-26-15-20(17)34(24(18)29-25)19-4-3-5-21(19)35/h6-8,11,14-16,19,21,35H,3-5,9-10,12-13H2,1-2H3,(H,27,28,29,30)/t19-,21-/m0/s1. The smallest absolute Gasteiger partial charge is 0.230 e. The third-order valence-electron chi connectivity index (χ3n) is 7.53. The Labute approximate surface area is 204 Å². The highest BCUT2D eigenvalue weighted by atomic mass is 16.3. The minimum absolute atomic E-state index is 0.0161. The van der Waals surface area contributed by atoms with Gasteiger partial charge in [-0.25, -0.2) is 4.98 Å². The van der Waals surface area contributed by atoms with E-state index in [4.69, 9.17) is 4.98 Å². The van der Waals surface area contributed by atoms with Gasteiger partial charge in [0, 0.05) is 42.3 Å². The number of aromatic nitrogens is 6. The van der Waals surface area contributed by atoms with Crippen molar-refractivity contribution in [3.63, 3.8) is 0 Å². The summed E-state index contributed by atoms with van der Waals surface area (Å²) in [6.07, 6.45) is 10.0. The van der Waals surface area contributed by atoms with Gasteiger partial charge in [-0.1, -0.05) is 0 Å². The SMILES string of the molecule is CN(C)C1CCN(c2ccc(Nc3ncc4c5ccncc5n([C@H]5CCC[C@@H]5O)c4n3)nn2)CC1. The maximum atomic E-state index is 10.6. The topological polar surface area (TPSA) is 108 Å². The summed E-state index contributed by atoms with van der Waals surface area (Å²) in [6.45, 7) is 1.97. The number of hydrogen-bond donors (Lipinski definition) is 2. The molecule has 4 aromatic heterocycles. The zero-order valence-corrected chi connectivity index (χ0v) is 20.2. The highest BCUT2D eigenvalue weighted by Crippen LogP contribution is 2.37. The molecule has 2 atom stereocenters. The zero-order valence-electron chi connectivity index (χ0n) is 20.2. The monoisotopic (exact) mass is 473 g/mol. The summed E-state index contributed by atoms with van der Waals surface area (Å²) in [5.41, 5.74) is 1.77. The Hall–Kier alpha value is -3.37. The lowest BCUT2D eigenvalue weighted by atomic mass is 10.0. The Bertz CT molecular complexity index is 1330. The van der Waals surface area contributed by atoms with Crippen LogP contribution in [0.2, 0.25) is 0 Å². The third kappa shape index (κ3) is 4.06. The van der Waals surface area contributed by atoms with E-state index in [1.54, 1.807) is 6.20 Å². The van der Waals surface area contributed by atoms with Crippen LogP contribution in [0.25, 0.3) is 21.9 Å². The summed E-state index contributed by atoms with van der Waals surface area (Å²) < 4.78 is 2.13. The van der Waals surface area contributed by atoms with Crippen molar-refractivity contribution >= 4 is 39.5 Å². The van der Waals surface area contributed by atoms with Crippen LogP contribution in [0.15, 0.2) is 36.8 Å². The average molecular weight is 474 g/mol. The Morgan fingerprint density at radius 1 is 1.00 bits per heavy atom. The van der Waals surface area contributed by atoms with Gasteiger partial charge in [-0.3, -0.25) is 4.98 Å². The summed E-state index contributed by atoms with van der Waals surface area (Å²) in [5.74, 6) is 1.95. The summed E-state index contributed by atoms with van der Waals surface area (Å²) in [5, 5.41) is 24.7. The molecule has 2 aliphatic rings. The highest BCUT2D eigenvalue weighted by Gasteiger charge is 2.30. The number of pyridine rings is 1. The van der Waals surface area contributed by atoms with Gasteiger partial charge in [0.15, 0.2) is 11.6 Å². The summed E-state index contributed by atoms with van der Waals surface area (Å²) in [4.78, 5) is 18.3. The number of nitrogens with one attached hydrogen (secondary N) is 1. The van der Waals surface area contributed by atoms with Crippen molar-refractivity contribution < 1.29 is 5.11 Å². The molecule has 0 spiro atoms. The lowest BCUT2D eigenvalue weighted by Gasteiger charge is -2.35. The molecule has 35 heavy (non-hydrogen) atoms. The van der Waals surface area contributed by atoms with Crippen molar-refractivity contribution in [1.29, 1.82) is 0 Å². The molecule has 1 aliphatic heterocycles. The molecule has 1 saturated heterocycles. The van der Waals surface area contributed by atoms with Gasteiger partial charge in [0.1, 0.15) is 5.65 Å². The van der Waals surface area contributed by atoms with E-state index in [0.717, 1.165) is 72.9 Å². The van der Waals surface area contributed by atoms with Crippen LogP contribution < -0.4 is 10.2 Å². The molecule has 0 amide bonds. The van der Waals surface area contributed by atoms with Gasteiger partial charge in [-0.05, 0) is 64.4 Å². The second kappa shape index (κ2) is 9.01. The number of rotatable bonds is 5. The van der Waals surface area contributed by atoms with E-state index in [1.807, 2.05) is 30.6 Å². The van der Waals surface area contributed by atoms with Gasteiger partial charge in [-0.2, -0.15) is 4.98 Å². The largest absolute Gasteiger partial charge is 0.391 e. The van der Waals surface area contributed by atoms with Crippen LogP contribution in [0.5, 0.6) is 0 Å². The normalized spacial score (nSPS) is 21.4. The molecular formula is C25H31N9O. The van der Waals surface area contributed by atoms with Crippen molar-refractivity contribution in [3.8, 4) is 0 Å².